The Hall–Kier alpha value is -1.07. The van der Waals surface area contributed by atoms with Crippen molar-refractivity contribution in [3.8, 4) is 0 Å². The van der Waals surface area contributed by atoms with Gasteiger partial charge in [-0.2, -0.15) is 11.8 Å². The van der Waals surface area contributed by atoms with Crippen molar-refractivity contribution in [2.45, 2.75) is 51.3 Å². The minimum Gasteiger partial charge on any atom is -0.336 e. The number of carbonyl (C=O) groups is 1. The fourth-order valence-corrected chi connectivity index (χ4v) is 5.02. The normalized spacial score (nSPS) is 25.1. The summed E-state index contributed by atoms with van der Waals surface area (Å²) in [5.41, 5.74) is 1.29. The molecule has 25 heavy (non-hydrogen) atoms. The van der Waals surface area contributed by atoms with Gasteiger partial charge in [0.05, 0.1) is 12.2 Å². The highest BCUT2D eigenvalue weighted by Crippen LogP contribution is 2.39. The Kier molecular flexibility index (Phi) is 6.39. The van der Waals surface area contributed by atoms with Gasteiger partial charge in [-0.05, 0) is 43.2 Å². The number of hydrogen-bond donors (Lipinski definition) is 0. The zero-order valence-corrected chi connectivity index (χ0v) is 16.4. The molecule has 138 valence electrons. The number of nitrogens with zero attached hydrogens (tertiary/aromatic N) is 3. The standard InChI is InChI=1S/C20H31N3OS/c1-17(2)25-13-12-22-11-5-8-20(15-22)9-7-19(24)23(16-20)14-18-6-3-4-10-21-18/h3-4,6,10,17H,5,7-9,11-16H2,1-2H3/t20-/m1/s1. The summed E-state index contributed by atoms with van der Waals surface area (Å²) in [5.74, 6) is 1.51. The molecular weight excluding hydrogens is 330 g/mol. The summed E-state index contributed by atoms with van der Waals surface area (Å²) in [4.78, 5) is 21.5. The quantitative estimate of drug-likeness (QED) is 0.778. The van der Waals surface area contributed by atoms with E-state index < -0.39 is 0 Å². The molecule has 0 aliphatic carbocycles. The van der Waals surface area contributed by atoms with E-state index in [4.69, 9.17) is 0 Å². The van der Waals surface area contributed by atoms with E-state index in [1.165, 1.54) is 31.7 Å². The number of hydrogen-bond acceptors (Lipinski definition) is 4. The van der Waals surface area contributed by atoms with Gasteiger partial charge in [-0.3, -0.25) is 9.78 Å². The maximum Gasteiger partial charge on any atom is 0.222 e. The van der Waals surface area contributed by atoms with Crippen molar-refractivity contribution < 1.29 is 4.79 Å². The first-order valence-corrected chi connectivity index (χ1v) is 10.6. The molecule has 1 amide bonds. The van der Waals surface area contributed by atoms with Crippen LogP contribution in [0, 0.1) is 5.41 Å². The molecule has 1 aromatic rings. The number of likely N-dealkylation sites (tertiary alicyclic amines) is 2. The van der Waals surface area contributed by atoms with E-state index in [-0.39, 0.29) is 0 Å². The molecule has 2 aliphatic heterocycles. The molecule has 3 rings (SSSR count). The number of aromatic nitrogens is 1. The highest BCUT2D eigenvalue weighted by Gasteiger charge is 2.41. The molecule has 1 spiro atoms. The monoisotopic (exact) mass is 361 g/mol. The molecule has 0 unspecified atom stereocenters. The molecule has 0 N–H and O–H groups in total. The zero-order valence-electron chi connectivity index (χ0n) is 15.6. The van der Waals surface area contributed by atoms with E-state index in [0.29, 0.717) is 29.5 Å². The molecule has 2 fully saturated rings. The molecule has 0 aromatic carbocycles. The van der Waals surface area contributed by atoms with Crippen LogP contribution in [0.5, 0.6) is 0 Å². The van der Waals surface area contributed by atoms with Crippen LogP contribution in [0.25, 0.3) is 0 Å². The third-order valence-electron chi connectivity index (χ3n) is 5.43. The Bertz CT molecular complexity index is 565. The predicted octanol–water partition coefficient (Wildman–Crippen LogP) is 3.43. The lowest BCUT2D eigenvalue weighted by atomic mass is 9.73. The lowest BCUT2D eigenvalue weighted by molar-refractivity contribution is -0.140. The number of thioether (sulfide) groups is 1. The van der Waals surface area contributed by atoms with Crippen LogP contribution >= 0.6 is 11.8 Å². The first-order valence-electron chi connectivity index (χ1n) is 9.58. The molecule has 4 nitrogen and oxygen atoms in total. The van der Waals surface area contributed by atoms with Crippen LogP contribution in [-0.2, 0) is 11.3 Å². The molecule has 1 aromatic heterocycles. The van der Waals surface area contributed by atoms with E-state index in [9.17, 15) is 4.79 Å². The highest BCUT2D eigenvalue weighted by atomic mass is 32.2. The lowest BCUT2D eigenvalue weighted by Crippen LogP contribution is -2.54. The average molecular weight is 362 g/mol. The number of piperidine rings is 2. The molecule has 2 aliphatic rings. The van der Waals surface area contributed by atoms with Crippen LogP contribution in [0.3, 0.4) is 0 Å². The summed E-state index contributed by atoms with van der Waals surface area (Å²) in [6, 6.07) is 5.95. The molecule has 1 atom stereocenters. The van der Waals surface area contributed by atoms with E-state index in [2.05, 4.69) is 28.6 Å². The van der Waals surface area contributed by atoms with Crippen molar-refractivity contribution in [2.75, 3.05) is 31.9 Å². The summed E-state index contributed by atoms with van der Waals surface area (Å²) in [7, 11) is 0. The van der Waals surface area contributed by atoms with Gasteiger partial charge >= 0.3 is 0 Å². The predicted molar refractivity (Wildman–Crippen MR) is 105 cm³/mol. The Morgan fingerprint density at radius 1 is 1.28 bits per heavy atom. The summed E-state index contributed by atoms with van der Waals surface area (Å²) in [6.07, 6.45) is 6.08. The lowest BCUT2D eigenvalue weighted by Gasteiger charge is -2.48. The van der Waals surface area contributed by atoms with E-state index in [1.54, 1.807) is 0 Å². The second-order valence-corrected chi connectivity index (χ2v) is 9.55. The second-order valence-electron chi connectivity index (χ2n) is 7.87. The minimum atomic E-state index is 0.295. The van der Waals surface area contributed by atoms with Gasteiger partial charge in [0.2, 0.25) is 5.91 Å². The van der Waals surface area contributed by atoms with E-state index in [0.717, 1.165) is 25.2 Å². The number of amides is 1. The molecule has 0 bridgehead atoms. The van der Waals surface area contributed by atoms with Crippen molar-refractivity contribution in [1.29, 1.82) is 0 Å². The van der Waals surface area contributed by atoms with Gasteiger partial charge in [0.25, 0.3) is 0 Å². The van der Waals surface area contributed by atoms with Crippen LogP contribution in [0.15, 0.2) is 24.4 Å². The minimum absolute atomic E-state index is 0.295. The summed E-state index contributed by atoms with van der Waals surface area (Å²) in [5, 5.41) is 0.708. The van der Waals surface area contributed by atoms with Crippen LogP contribution in [0.1, 0.15) is 45.2 Å². The Morgan fingerprint density at radius 2 is 2.16 bits per heavy atom. The largest absolute Gasteiger partial charge is 0.336 e. The van der Waals surface area contributed by atoms with Crippen molar-refractivity contribution in [3.63, 3.8) is 0 Å². The maximum atomic E-state index is 12.4. The highest BCUT2D eigenvalue weighted by molar-refractivity contribution is 7.99. The second kappa shape index (κ2) is 8.54. The first kappa shape index (κ1) is 18.7. The van der Waals surface area contributed by atoms with Crippen molar-refractivity contribution in [3.05, 3.63) is 30.1 Å². The van der Waals surface area contributed by atoms with Gasteiger partial charge in [-0.1, -0.05) is 19.9 Å². The van der Waals surface area contributed by atoms with Crippen LogP contribution < -0.4 is 0 Å². The van der Waals surface area contributed by atoms with Crippen molar-refractivity contribution >= 4 is 17.7 Å². The van der Waals surface area contributed by atoms with Crippen LogP contribution in [0.2, 0.25) is 0 Å². The number of rotatable bonds is 6. The topological polar surface area (TPSA) is 36.4 Å². The molecular formula is C20H31N3OS. The fraction of sp³-hybridized carbons (Fsp3) is 0.700. The molecule has 0 saturated carbocycles. The maximum absolute atomic E-state index is 12.4. The van der Waals surface area contributed by atoms with Crippen LogP contribution in [0.4, 0.5) is 0 Å². The SMILES string of the molecule is CC(C)SCCN1CCC[C@@]2(CCC(=O)N(Cc3ccccn3)C2)C1. The molecule has 0 radical (unpaired) electrons. The van der Waals surface area contributed by atoms with E-state index >= 15 is 0 Å². The summed E-state index contributed by atoms with van der Waals surface area (Å²) >= 11 is 2.05. The van der Waals surface area contributed by atoms with Gasteiger partial charge in [0.1, 0.15) is 0 Å². The number of pyridine rings is 1. The average Bonchev–Trinajstić information content (AvgIpc) is 2.59. The Labute approximate surface area is 156 Å². The molecule has 2 saturated heterocycles. The van der Waals surface area contributed by atoms with Crippen molar-refractivity contribution in [1.82, 2.24) is 14.8 Å². The Morgan fingerprint density at radius 3 is 2.92 bits per heavy atom. The van der Waals surface area contributed by atoms with E-state index in [1.807, 2.05) is 36.2 Å². The number of carbonyl (C=O) groups excluding carboxylic acids is 1. The third kappa shape index (κ3) is 5.20. The van der Waals surface area contributed by atoms with Crippen molar-refractivity contribution in [2.24, 2.45) is 5.41 Å². The molecule has 5 heteroatoms. The third-order valence-corrected chi connectivity index (χ3v) is 6.51. The Balaban J connectivity index is 1.59. The zero-order chi connectivity index (χ0) is 17.7. The van der Waals surface area contributed by atoms with Crippen LogP contribution in [-0.4, -0.2) is 57.9 Å². The summed E-state index contributed by atoms with van der Waals surface area (Å²) < 4.78 is 0. The van der Waals surface area contributed by atoms with Gasteiger partial charge in [0, 0.05) is 43.4 Å². The molecule has 3 heterocycles. The van der Waals surface area contributed by atoms with Gasteiger partial charge < -0.3 is 9.80 Å². The summed E-state index contributed by atoms with van der Waals surface area (Å²) in [6.45, 7) is 9.64. The van der Waals surface area contributed by atoms with Gasteiger partial charge in [-0.15, -0.1) is 0 Å². The van der Waals surface area contributed by atoms with Gasteiger partial charge in [-0.25, -0.2) is 0 Å². The fourth-order valence-electron chi connectivity index (χ4n) is 4.19. The first-order chi connectivity index (χ1) is 12.1. The van der Waals surface area contributed by atoms with Gasteiger partial charge in [0.15, 0.2) is 0 Å². The smallest absolute Gasteiger partial charge is 0.222 e.